The highest BCUT2D eigenvalue weighted by Crippen LogP contribution is 2.35. The topological polar surface area (TPSA) is 133 Å². The Bertz CT molecular complexity index is 1790. The van der Waals surface area contributed by atoms with Crippen LogP contribution in [-0.4, -0.2) is 103 Å². The van der Waals surface area contributed by atoms with Crippen molar-refractivity contribution < 1.29 is 27.0 Å². The third-order valence-corrected chi connectivity index (χ3v) is 9.98. The number of ether oxygens (including phenoxy) is 2. The third kappa shape index (κ3) is 12.5. The second-order valence-corrected chi connectivity index (χ2v) is 14.8. The first-order valence-electron chi connectivity index (χ1n) is 19.1. The van der Waals surface area contributed by atoms with Crippen LogP contribution in [0.1, 0.15) is 82.0 Å². The minimum absolute atomic E-state index is 0.00993. The van der Waals surface area contributed by atoms with Crippen LogP contribution in [0.5, 0.6) is 0 Å². The Kier molecular flexibility index (Phi) is 13.8. The molecule has 0 bridgehead atoms. The molecule has 4 aromatic heterocycles. The van der Waals surface area contributed by atoms with Gasteiger partial charge in [0.2, 0.25) is 11.8 Å². The molecule has 55 heavy (non-hydrogen) atoms. The zero-order valence-corrected chi connectivity index (χ0v) is 32.1. The molecule has 0 spiro atoms. The molecule has 13 nitrogen and oxygen atoms in total. The first kappa shape index (κ1) is 40.6. The van der Waals surface area contributed by atoms with Gasteiger partial charge in [-0.15, -0.1) is 0 Å². The molecule has 4 aromatic rings. The Balaban J connectivity index is 0.000000165. The third-order valence-electron chi connectivity index (χ3n) is 9.79. The van der Waals surface area contributed by atoms with Gasteiger partial charge < -0.3 is 25.0 Å². The summed E-state index contributed by atoms with van der Waals surface area (Å²) in [5.41, 5.74) is 1.71. The second-order valence-electron chi connectivity index (χ2n) is 14.4. The first-order valence-corrected chi connectivity index (χ1v) is 19.5. The van der Waals surface area contributed by atoms with Crippen LogP contribution < -0.4 is 15.5 Å². The summed E-state index contributed by atoms with van der Waals surface area (Å²) < 4.78 is 66.9. The fourth-order valence-electron chi connectivity index (χ4n) is 6.66. The number of nitrogens with zero attached hydrogens (tertiary/aromatic N) is 9. The van der Waals surface area contributed by atoms with Crippen molar-refractivity contribution >= 4 is 29.1 Å². The van der Waals surface area contributed by atoms with Gasteiger partial charge in [-0.2, -0.15) is 30.1 Å². The molecule has 2 aliphatic heterocycles. The molecule has 0 radical (unpaired) electrons. The van der Waals surface area contributed by atoms with E-state index in [1.807, 2.05) is 38.2 Å². The molecule has 2 saturated carbocycles. The maximum absolute atomic E-state index is 13.4. The average Bonchev–Trinajstić information content (AvgIpc) is 3.83. The lowest BCUT2D eigenvalue weighted by molar-refractivity contribution is -0.0366. The Morgan fingerprint density at radius 3 is 1.56 bits per heavy atom. The number of hydrogen-bond acceptors (Lipinski definition) is 11. The van der Waals surface area contributed by atoms with Gasteiger partial charge in [0.15, 0.2) is 0 Å². The Morgan fingerprint density at radius 1 is 0.655 bits per heavy atom. The van der Waals surface area contributed by atoms with Crippen molar-refractivity contribution in [1.29, 1.82) is 0 Å². The summed E-state index contributed by atoms with van der Waals surface area (Å²) in [5, 5.41) is 15.4. The van der Waals surface area contributed by atoms with Gasteiger partial charge in [0.05, 0.1) is 24.6 Å². The standard InChI is InChI=1S/C18H24F2N6O.C14H16ClF2N5.C5H10O/c1-13-4-7-26(24-13)17-22-15(21-14-2-5-18(19,20)6-3-14)12-16(23-17)25-8-10-27-11-9-25;1-9-4-7-22(21-9)13-19-11(15)8-12(20-13)18-10-2-5-14(16,17)6-3-10;1-2-4-6-5-3-1/h4,7,12,14H,2-3,5-6,8-11H2,1H3,(H,21,22,23);4,7-8,10H,2-3,5-6H2,1H3,(H,18,19,20);1-5H2. The largest absolute Gasteiger partial charge is 0.381 e. The normalized spacial score (nSPS) is 20.1. The molecule has 4 aliphatic rings. The lowest BCUT2D eigenvalue weighted by atomic mass is 9.92. The van der Waals surface area contributed by atoms with E-state index >= 15 is 0 Å². The van der Waals surface area contributed by atoms with E-state index in [4.69, 9.17) is 21.1 Å². The molecule has 0 amide bonds. The molecule has 0 aromatic carbocycles. The molecule has 300 valence electrons. The van der Waals surface area contributed by atoms with Gasteiger partial charge >= 0.3 is 0 Å². The zero-order chi connectivity index (χ0) is 38.8. The summed E-state index contributed by atoms with van der Waals surface area (Å²) in [5.74, 6) is -2.30. The fraction of sp³-hybridized carbons (Fsp3) is 0.622. The minimum atomic E-state index is -2.54. The highest BCUT2D eigenvalue weighted by atomic mass is 35.5. The lowest BCUT2D eigenvalue weighted by Gasteiger charge is -2.30. The molecule has 6 heterocycles. The van der Waals surface area contributed by atoms with Crippen molar-refractivity contribution in [2.24, 2.45) is 0 Å². The highest BCUT2D eigenvalue weighted by molar-refractivity contribution is 6.29. The maximum Gasteiger partial charge on any atom is 0.254 e. The van der Waals surface area contributed by atoms with Crippen molar-refractivity contribution in [3.05, 3.63) is 53.2 Å². The smallest absolute Gasteiger partial charge is 0.254 e. The second kappa shape index (κ2) is 18.7. The first-order chi connectivity index (χ1) is 26.4. The molecule has 2 aliphatic carbocycles. The quantitative estimate of drug-likeness (QED) is 0.142. The van der Waals surface area contributed by atoms with E-state index in [-0.39, 0.29) is 42.9 Å². The van der Waals surface area contributed by atoms with E-state index < -0.39 is 11.8 Å². The molecule has 0 unspecified atom stereocenters. The number of rotatable bonds is 7. The van der Waals surface area contributed by atoms with Crippen LogP contribution in [0.2, 0.25) is 5.15 Å². The predicted molar refractivity (Wildman–Crippen MR) is 202 cm³/mol. The van der Waals surface area contributed by atoms with Gasteiger partial charge in [0.25, 0.3) is 11.9 Å². The molecule has 2 N–H and O–H groups in total. The van der Waals surface area contributed by atoms with Crippen molar-refractivity contribution in [3.63, 3.8) is 0 Å². The number of morpholine rings is 1. The highest BCUT2D eigenvalue weighted by Gasteiger charge is 2.36. The molecule has 8 rings (SSSR count). The summed E-state index contributed by atoms with van der Waals surface area (Å²) in [4.78, 5) is 19.9. The zero-order valence-electron chi connectivity index (χ0n) is 31.4. The summed E-state index contributed by atoms with van der Waals surface area (Å²) >= 11 is 6.02. The van der Waals surface area contributed by atoms with Crippen LogP contribution in [0, 0.1) is 13.8 Å². The van der Waals surface area contributed by atoms with E-state index in [9.17, 15) is 17.6 Å². The molecule has 18 heteroatoms. The maximum atomic E-state index is 13.4. The Hall–Kier alpha value is -4.09. The summed E-state index contributed by atoms with van der Waals surface area (Å²) in [7, 11) is 0. The van der Waals surface area contributed by atoms with Gasteiger partial charge in [0, 0.05) is 88.6 Å². The predicted octanol–water partition coefficient (Wildman–Crippen LogP) is 7.60. The number of alkyl halides is 4. The Labute approximate surface area is 323 Å². The van der Waals surface area contributed by atoms with Crippen LogP contribution in [0.4, 0.5) is 35.0 Å². The van der Waals surface area contributed by atoms with Crippen LogP contribution >= 0.6 is 11.6 Å². The van der Waals surface area contributed by atoms with Crippen LogP contribution in [-0.2, 0) is 9.47 Å². The van der Waals surface area contributed by atoms with Crippen LogP contribution in [0.3, 0.4) is 0 Å². The minimum Gasteiger partial charge on any atom is -0.381 e. The Morgan fingerprint density at radius 2 is 1.13 bits per heavy atom. The van der Waals surface area contributed by atoms with E-state index in [1.54, 1.807) is 16.9 Å². The van der Waals surface area contributed by atoms with Gasteiger partial charge in [-0.25, -0.2) is 26.9 Å². The summed E-state index contributed by atoms with van der Waals surface area (Å²) in [6.45, 7) is 8.58. The summed E-state index contributed by atoms with van der Waals surface area (Å²) in [6.07, 6.45) is 8.79. The van der Waals surface area contributed by atoms with Crippen molar-refractivity contribution in [2.45, 2.75) is 108 Å². The van der Waals surface area contributed by atoms with Gasteiger partial charge in [-0.3, -0.25) is 0 Å². The number of aromatic nitrogens is 8. The number of halogens is 5. The average molecular weight is 792 g/mol. The molecule has 0 atom stereocenters. The van der Waals surface area contributed by atoms with E-state index in [0.29, 0.717) is 62.4 Å². The summed E-state index contributed by atoms with van der Waals surface area (Å²) in [6, 6.07) is 7.16. The molecular weight excluding hydrogens is 742 g/mol. The van der Waals surface area contributed by atoms with Gasteiger partial charge in [-0.05, 0) is 70.9 Å². The molecule has 2 saturated heterocycles. The van der Waals surface area contributed by atoms with E-state index in [1.165, 1.54) is 23.9 Å². The SMILES string of the molecule is C1CCOCC1.Cc1ccn(-c2nc(Cl)cc(NC3CCC(F)(F)CC3)n2)n1.Cc1ccn(-c2nc(NC3CCC(F)(F)CC3)cc(N3CCOCC3)n2)n1. The van der Waals surface area contributed by atoms with Crippen molar-refractivity contribution in [2.75, 3.05) is 55.1 Å². The van der Waals surface area contributed by atoms with E-state index in [0.717, 1.165) is 43.5 Å². The van der Waals surface area contributed by atoms with Crippen LogP contribution in [0.15, 0.2) is 36.7 Å². The fourth-order valence-corrected chi connectivity index (χ4v) is 6.84. The monoisotopic (exact) mass is 791 g/mol. The van der Waals surface area contributed by atoms with Gasteiger partial charge in [-0.1, -0.05) is 11.6 Å². The van der Waals surface area contributed by atoms with E-state index in [2.05, 4.69) is 45.7 Å². The number of aryl methyl sites for hydroxylation is 2. The van der Waals surface area contributed by atoms with Gasteiger partial charge in [0.1, 0.15) is 22.6 Å². The molecule has 4 fully saturated rings. The molecular formula is C37H50ClF4N11O2. The lowest BCUT2D eigenvalue weighted by Crippen LogP contribution is -2.37. The number of anilines is 3. The number of nitrogens with one attached hydrogen (secondary N) is 2. The van der Waals surface area contributed by atoms with Crippen molar-refractivity contribution in [1.82, 2.24) is 39.5 Å². The number of hydrogen-bond donors (Lipinski definition) is 2. The van der Waals surface area contributed by atoms with Crippen LogP contribution in [0.25, 0.3) is 11.9 Å². The van der Waals surface area contributed by atoms with Crippen molar-refractivity contribution in [3.8, 4) is 11.9 Å².